The summed E-state index contributed by atoms with van der Waals surface area (Å²) in [6.45, 7) is 7.41. The Balaban J connectivity index is 1.87. The highest BCUT2D eigenvalue weighted by atomic mass is 16.3. The molecule has 1 aromatic heterocycles. The lowest BCUT2D eigenvalue weighted by molar-refractivity contribution is 0.199. The third-order valence-electron chi connectivity index (χ3n) is 4.03. The molecule has 0 amide bonds. The van der Waals surface area contributed by atoms with Crippen molar-refractivity contribution >= 4 is 16.6 Å². The Labute approximate surface area is 133 Å². The van der Waals surface area contributed by atoms with Crippen molar-refractivity contribution in [1.82, 2.24) is 9.88 Å². The number of benzene rings is 1. The van der Waals surface area contributed by atoms with E-state index < -0.39 is 0 Å². The molecule has 2 rings (SSSR count). The van der Waals surface area contributed by atoms with E-state index in [1.54, 1.807) is 0 Å². The number of fused-ring (bicyclic) bond motifs is 1. The van der Waals surface area contributed by atoms with E-state index >= 15 is 0 Å². The third-order valence-corrected chi connectivity index (χ3v) is 4.03. The molecule has 0 spiro atoms. The van der Waals surface area contributed by atoms with Gasteiger partial charge >= 0.3 is 0 Å². The molecule has 2 N–H and O–H groups in total. The second-order valence-corrected chi connectivity index (χ2v) is 5.72. The van der Waals surface area contributed by atoms with Gasteiger partial charge in [-0.15, -0.1) is 0 Å². The number of nitrogens with zero attached hydrogens (tertiary/aromatic N) is 2. The van der Waals surface area contributed by atoms with E-state index in [4.69, 9.17) is 5.11 Å². The normalized spacial score (nSPS) is 12.7. The summed E-state index contributed by atoms with van der Waals surface area (Å²) in [7, 11) is 0. The highest BCUT2D eigenvalue weighted by molar-refractivity contribution is 5.90. The largest absolute Gasteiger partial charge is 0.395 e. The number of hydrogen-bond acceptors (Lipinski definition) is 4. The molecule has 0 radical (unpaired) electrons. The zero-order valence-corrected chi connectivity index (χ0v) is 13.6. The standard InChI is InChI=1S/C18H27N3O/c1-3-21(13-14-22)12-6-7-15(2)20-18-10-11-19-17-9-5-4-8-16(17)18/h4-5,8-11,15,22H,3,6-7,12-14H2,1-2H3,(H,19,20). The Morgan fingerprint density at radius 2 is 2.05 bits per heavy atom. The summed E-state index contributed by atoms with van der Waals surface area (Å²) < 4.78 is 0. The average Bonchev–Trinajstić information content (AvgIpc) is 2.54. The maximum absolute atomic E-state index is 9.01. The van der Waals surface area contributed by atoms with E-state index in [-0.39, 0.29) is 6.61 Å². The van der Waals surface area contributed by atoms with Gasteiger partial charge in [-0.2, -0.15) is 0 Å². The lowest BCUT2D eigenvalue weighted by Gasteiger charge is -2.21. The first-order chi connectivity index (χ1) is 10.7. The van der Waals surface area contributed by atoms with Crippen molar-refractivity contribution in [2.45, 2.75) is 32.7 Å². The fourth-order valence-corrected chi connectivity index (χ4v) is 2.75. The van der Waals surface area contributed by atoms with Crippen molar-refractivity contribution in [2.75, 3.05) is 31.6 Å². The smallest absolute Gasteiger partial charge is 0.0722 e. The molecule has 0 aliphatic heterocycles. The van der Waals surface area contributed by atoms with Crippen LogP contribution in [0.5, 0.6) is 0 Å². The van der Waals surface area contributed by atoms with E-state index in [2.05, 4.69) is 35.1 Å². The number of aliphatic hydroxyl groups is 1. The van der Waals surface area contributed by atoms with Crippen molar-refractivity contribution in [2.24, 2.45) is 0 Å². The molecule has 1 heterocycles. The number of para-hydroxylation sites is 1. The molecule has 0 aliphatic carbocycles. The number of rotatable bonds is 9. The van der Waals surface area contributed by atoms with Crippen molar-refractivity contribution in [3.63, 3.8) is 0 Å². The van der Waals surface area contributed by atoms with E-state index in [0.717, 1.165) is 43.7 Å². The topological polar surface area (TPSA) is 48.4 Å². The molecule has 1 aromatic carbocycles. The van der Waals surface area contributed by atoms with Gasteiger partial charge in [0, 0.05) is 29.9 Å². The van der Waals surface area contributed by atoms with E-state index in [9.17, 15) is 0 Å². The fraction of sp³-hybridized carbons (Fsp3) is 0.500. The van der Waals surface area contributed by atoms with Gasteiger partial charge in [-0.1, -0.05) is 25.1 Å². The van der Waals surface area contributed by atoms with Crippen LogP contribution in [-0.2, 0) is 0 Å². The van der Waals surface area contributed by atoms with Gasteiger partial charge in [0.05, 0.1) is 12.1 Å². The van der Waals surface area contributed by atoms with Crippen molar-refractivity contribution < 1.29 is 5.11 Å². The minimum atomic E-state index is 0.241. The Morgan fingerprint density at radius 1 is 1.23 bits per heavy atom. The van der Waals surface area contributed by atoms with Gasteiger partial charge in [0.15, 0.2) is 0 Å². The molecular formula is C18H27N3O. The predicted octanol–water partition coefficient (Wildman–Crippen LogP) is 3.13. The Bertz CT molecular complexity index is 568. The maximum atomic E-state index is 9.01. The number of pyridine rings is 1. The van der Waals surface area contributed by atoms with Crippen LogP contribution in [0.1, 0.15) is 26.7 Å². The second kappa shape index (κ2) is 8.71. The Morgan fingerprint density at radius 3 is 2.82 bits per heavy atom. The number of hydrogen-bond donors (Lipinski definition) is 2. The molecule has 4 heteroatoms. The number of aromatic nitrogens is 1. The molecule has 0 aliphatic rings. The molecule has 4 nitrogen and oxygen atoms in total. The first-order valence-corrected chi connectivity index (χ1v) is 8.18. The number of likely N-dealkylation sites (N-methyl/N-ethyl adjacent to an activating group) is 1. The van der Waals surface area contributed by atoms with Crippen molar-refractivity contribution in [1.29, 1.82) is 0 Å². The molecule has 0 saturated carbocycles. The summed E-state index contributed by atoms with van der Waals surface area (Å²) in [6.07, 6.45) is 4.10. The lowest BCUT2D eigenvalue weighted by atomic mass is 10.1. The van der Waals surface area contributed by atoms with Crippen LogP contribution >= 0.6 is 0 Å². The van der Waals surface area contributed by atoms with Gasteiger partial charge in [-0.05, 0) is 45.0 Å². The molecule has 0 fully saturated rings. The van der Waals surface area contributed by atoms with Crippen LogP contribution in [0.3, 0.4) is 0 Å². The van der Waals surface area contributed by atoms with E-state index in [0.29, 0.717) is 6.04 Å². The van der Waals surface area contributed by atoms with Crippen LogP contribution in [0.15, 0.2) is 36.5 Å². The highest BCUT2D eigenvalue weighted by Gasteiger charge is 2.07. The molecule has 22 heavy (non-hydrogen) atoms. The summed E-state index contributed by atoms with van der Waals surface area (Å²) >= 11 is 0. The Hall–Kier alpha value is -1.65. The minimum Gasteiger partial charge on any atom is -0.395 e. The number of anilines is 1. The van der Waals surface area contributed by atoms with Gasteiger partial charge in [0.25, 0.3) is 0 Å². The zero-order chi connectivity index (χ0) is 15.8. The monoisotopic (exact) mass is 301 g/mol. The zero-order valence-electron chi connectivity index (χ0n) is 13.6. The van der Waals surface area contributed by atoms with Gasteiger partial charge in [-0.3, -0.25) is 4.98 Å². The van der Waals surface area contributed by atoms with Crippen LogP contribution in [-0.4, -0.2) is 47.3 Å². The lowest BCUT2D eigenvalue weighted by Crippen LogP contribution is -2.28. The van der Waals surface area contributed by atoms with Crippen LogP contribution in [0.25, 0.3) is 10.9 Å². The third kappa shape index (κ3) is 4.68. The summed E-state index contributed by atoms with van der Waals surface area (Å²) in [5.74, 6) is 0. The summed E-state index contributed by atoms with van der Waals surface area (Å²) in [4.78, 5) is 6.68. The quantitative estimate of drug-likeness (QED) is 0.747. The van der Waals surface area contributed by atoms with Crippen LogP contribution in [0.4, 0.5) is 5.69 Å². The van der Waals surface area contributed by atoms with E-state index in [1.165, 1.54) is 5.39 Å². The van der Waals surface area contributed by atoms with Crippen molar-refractivity contribution in [3.05, 3.63) is 36.5 Å². The van der Waals surface area contributed by atoms with Crippen LogP contribution in [0, 0.1) is 0 Å². The Kier molecular flexibility index (Phi) is 6.62. The molecule has 1 atom stereocenters. The van der Waals surface area contributed by atoms with Crippen LogP contribution < -0.4 is 5.32 Å². The molecule has 120 valence electrons. The minimum absolute atomic E-state index is 0.241. The first-order valence-electron chi connectivity index (χ1n) is 8.18. The second-order valence-electron chi connectivity index (χ2n) is 5.72. The van der Waals surface area contributed by atoms with Crippen LogP contribution in [0.2, 0.25) is 0 Å². The van der Waals surface area contributed by atoms with Gasteiger partial charge in [-0.25, -0.2) is 0 Å². The average molecular weight is 301 g/mol. The SMILES string of the molecule is CCN(CCO)CCCC(C)Nc1ccnc2ccccc12. The highest BCUT2D eigenvalue weighted by Crippen LogP contribution is 2.22. The number of aliphatic hydroxyl groups excluding tert-OH is 1. The predicted molar refractivity (Wildman–Crippen MR) is 93.3 cm³/mol. The molecule has 1 unspecified atom stereocenters. The van der Waals surface area contributed by atoms with Gasteiger partial charge in [0.1, 0.15) is 0 Å². The fourth-order valence-electron chi connectivity index (χ4n) is 2.75. The maximum Gasteiger partial charge on any atom is 0.0722 e. The van der Waals surface area contributed by atoms with E-state index in [1.807, 2.05) is 30.5 Å². The number of nitrogens with one attached hydrogen (secondary N) is 1. The molecule has 0 bridgehead atoms. The summed E-state index contributed by atoms with van der Waals surface area (Å²) in [6, 6.07) is 10.7. The summed E-state index contributed by atoms with van der Waals surface area (Å²) in [5, 5.41) is 13.8. The summed E-state index contributed by atoms with van der Waals surface area (Å²) in [5.41, 5.74) is 2.18. The van der Waals surface area contributed by atoms with Gasteiger partial charge in [0.2, 0.25) is 0 Å². The first kappa shape index (κ1) is 16.7. The molecular weight excluding hydrogens is 274 g/mol. The van der Waals surface area contributed by atoms with Crippen molar-refractivity contribution in [3.8, 4) is 0 Å². The van der Waals surface area contributed by atoms with Gasteiger partial charge < -0.3 is 15.3 Å². The molecule has 0 saturated heterocycles. The molecule has 2 aromatic rings.